The number of nitrogens with zero attached hydrogens (tertiary/aromatic N) is 2. The van der Waals surface area contributed by atoms with Crippen molar-refractivity contribution in [3.05, 3.63) is 95.6 Å². The molecule has 1 aliphatic carbocycles. The molecule has 1 aromatic carbocycles. The summed E-state index contributed by atoms with van der Waals surface area (Å²) in [6.07, 6.45) is 9.52. The van der Waals surface area contributed by atoms with Crippen molar-refractivity contribution in [2.45, 2.75) is 85.0 Å². The SMILES string of the molecule is CC(C)(C)C1CCC(N)CC1.O=C(O)[C@@H](CCCNCc1ccccn1)C(=O)c1ccc(CNCc2ccccn2)cc1. The summed E-state index contributed by atoms with van der Waals surface area (Å²) in [6, 6.07) is 19.1. The fourth-order valence-electron chi connectivity index (χ4n) is 5.33. The zero-order valence-corrected chi connectivity index (χ0v) is 26.0. The average molecular weight is 588 g/mol. The Morgan fingerprint density at radius 1 is 0.860 bits per heavy atom. The smallest absolute Gasteiger partial charge is 0.314 e. The van der Waals surface area contributed by atoms with Gasteiger partial charge >= 0.3 is 5.97 Å². The molecule has 0 saturated heterocycles. The Hall–Kier alpha value is -3.46. The summed E-state index contributed by atoms with van der Waals surface area (Å²) in [6.45, 7) is 9.54. The Bertz CT molecular complexity index is 1220. The topological polar surface area (TPSA) is 130 Å². The summed E-state index contributed by atoms with van der Waals surface area (Å²) in [4.78, 5) is 32.9. The molecule has 2 aromatic heterocycles. The number of aliphatic carboxylic acids is 1. The maximum Gasteiger partial charge on any atom is 0.314 e. The highest BCUT2D eigenvalue weighted by molar-refractivity contribution is 6.08. The van der Waals surface area contributed by atoms with Crippen LogP contribution in [0.3, 0.4) is 0 Å². The van der Waals surface area contributed by atoms with Crippen LogP contribution in [0.1, 0.15) is 86.6 Å². The first-order valence-electron chi connectivity index (χ1n) is 15.5. The first kappa shape index (κ1) is 34.0. The fraction of sp³-hybridized carbons (Fsp3) is 0.486. The molecule has 1 atom stereocenters. The van der Waals surface area contributed by atoms with E-state index in [2.05, 4.69) is 41.4 Å². The molecule has 8 heteroatoms. The summed E-state index contributed by atoms with van der Waals surface area (Å²) in [5.41, 5.74) is 9.66. The van der Waals surface area contributed by atoms with Gasteiger partial charge in [-0.3, -0.25) is 19.6 Å². The zero-order chi connectivity index (χ0) is 31.1. The molecule has 0 spiro atoms. The van der Waals surface area contributed by atoms with E-state index in [1.54, 1.807) is 24.5 Å². The van der Waals surface area contributed by atoms with E-state index in [0.29, 0.717) is 49.6 Å². The van der Waals surface area contributed by atoms with Crippen LogP contribution in [0.15, 0.2) is 73.1 Å². The molecule has 8 nitrogen and oxygen atoms in total. The highest BCUT2D eigenvalue weighted by Crippen LogP contribution is 2.37. The molecule has 0 bridgehead atoms. The van der Waals surface area contributed by atoms with Gasteiger partial charge in [-0.1, -0.05) is 57.2 Å². The molecule has 3 aromatic rings. The normalized spacial score (nSPS) is 17.4. The van der Waals surface area contributed by atoms with Crippen LogP contribution < -0.4 is 16.4 Å². The molecule has 2 heterocycles. The second-order valence-electron chi connectivity index (χ2n) is 12.5. The number of nitrogens with one attached hydrogen (secondary N) is 2. The third-order valence-corrected chi connectivity index (χ3v) is 8.09. The van der Waals surface area contributed by atoms with E-state index in [4.69, 9.17) is 5.73 Å². The fourth-order valence-corrected chi connectivity index (χ4v) is 5.33. The number of rotatable bonds is 13. The van der Waals surface area contributed by atoms with Gasteiger partial charge in [-0.2, -0.15) is 0 Å². The van der Waals surface area contributed by atoms with Crippen molar-refractivity contribution < 1.29 is 14.7 Å². The summed E-state index contributed by atoms with van der Waals surface area (Å²) in [5.74, 6) is -1.57. The molecular formula is C35H49N5O3. The molecule has 1 aliphatic rings. The van der Waals surface area contributed by atoms with Crippen LogP contribution in [-0.2, 0) is 24.4 Å². The Morgan fingerprint density at radius 3 is 1.95 bits per heavy atom. The lowest BCUT2D eigenvalue weighted by Gasteiger charge is -2.35. The zero-order valence-electron chi connectivity index (χ0n) is 26.0. The number of hydrogen-bond donors (Lipinski definition) is 4. The molecule has 43 heavy (non-hydrogen) atoms. The number of carbonyl (C=O) groups is 2. The van der Waals surface area contributed by atoms with Gasteiger partial charge in [0, 0.05) is 43.6 Å². The molecule has 1 saturated carbocycles. The molecule has 0 amide bonds. The number of carboxylic acid groups (broad SMARTS) is 1. The van der Waals surface area contributed by atoms with Gasteiger partial charge in [0.05, 0.1) is 11.4 Å². The van der Waals surface area contributed by atoms with Crippen molar-refractivity contribution in [2.75, 3.05) is 6.54 Å². The standard InChI is InChI=1S/C25H28N4O3.C10H21N/c30-24(23(25(31)32)8-5-13-26-17-21-6-1-3-14-28-21)20-11-9-19(10-12-20)16-27-18-22-7-2-4-15-29-22;1-10(2,3)8-4-6-9(11)7-5-8/h1-4,6-7,9-12,14-15,23,26-27H,5,8,13,16-18H2,(H,31,32);8-9H,4-7,11H2,1-3H3/t23-;/m0./s1. The van der Waals surface area contributed by atoms with Gasteiger partial charge in [-0.15, -0.1) is 0 Å². The van der Waals surface area contributed by atoms with Crippen molar-refractivity contribution in [1.29, 1.82) is 0 Å². The highest BCUT2D eigenvalue weighted by Gasteiger charge is 2.28. The molecule has 0 unspecified atom stereocenters. The summed E-state index contributed by atoms with van der Waals surface area (Å²) < 4.78 is 0. The summed E-state index contributed by atoms with van der Waals surface area (Å²) in [7, 11) is 0. The van der Waals surface area contributed by atoms with Crippen LogP contribution in [-0.4, -0.2) is 39.4 Å². The van der Waals surface area contributed by atoms with Gasteiger partial charge in [-0.05, 0) is 86.2 Å². The lowest BCUT2D eigenvalue weighted by Crippen LogP contribution is -2.31. The van der Waals surface area contributed by atoms with Crippen LogP contribution in [0.4, 0.5) is 0 Å². The highest BCUT2D eigenvalue weighted by atomic mass is 16.4. The van der Waals surface area contributed by atoms with E-state index in [0.717, 1.165) is 22.9 Å². The number of Topliss-reactive ketones (excluding diaryl/α,β-unsaturated/α-hetero) is 1. The maximum atomic E-state index is 12.7. The van der Waals surface area contributed by atoms with E-state index in [-0.39, 0.29) is 12.2 Å². The number of pyridine rings is 2. The lowest BCUT2D eigenvalue weighted by atomic mass is 9.71. The molecule has 0 radical (unpaired) electrons. The largest absolute Gasteiger partial charge is 0.481 e. The Morgan fingerprint density at radius 2 is 1.44 bits per heavy atom. The van der Waals surface area contributed by atoms with Crippen LogP contribution in [0.2, 0.25) is 0 Å². The number of carboxylic acids is 1. The van der Waals surface area contributed by atoms with Crippen molar-refractivity contribution in [1.82, 2.24) is 20.6 Å². The molecular weight excluding hydrogens is 538 g/mol. The van der Waals surface area contributed by atoms with Gasteiger partial charge in [0.1, 0.15) is 5.92 Å². The van der Waals surface area contributed by atoms with Crippen LogP contribution >= 0.6 is 0 Å². The lowest BCUT2D eigenvalue weighted by molar-refractivity contribution is -0.140. The monoisotopic (exact) mass is 587 g/mol. The Labute approximate surface area is 256 Å². The number of ketones is 1. The van der Waals surface area contributed by atoms with Crippen molar-refractivity contribution in [2.24, 2.45) is 23.0 Å². The minimum Gasteiger partial charge on any atom is -0.481 e. The van der Waals surface area contributed by atoms with E-state index >= 15 is 0 Å². The predicted octanol–water partition coefficient (Wildman–Crippen LogP) is 5.77. The third kappa shape index (κ3) is 12.4. The maximum absolute atomic E-state index is 12.7. The van der Waals surface area contributed by atoms with E-state index in [9.17, 15) is 14.7 Å². The molecule has 1 fully saturated rings. The predicted molar refractivity (Wildman–Crippen MR) is 171 cm³/mol. The van der Waals surface area contributed by atoms with E-state index in [1.807, 2.05) is 48.5 Å². The Kier molecular flexibility index (Phi) is 13.9. The van der Waals surface area contributed by atoms with Crippen LogP contribution in [0.25, 0.3) is 0 Å². The van der Waals surface area contributed by atoms with Crippen molar-refractivity contribution >= 4 is 11.8 Å². The van der Waals surface area contributed by atoms with E-state index < -0.39 is 11.9 Å². The van der Waals surface area contributed by atoms with Crippen LogP contribution in [0.5, 0.6) is 0 Å². The molecule has 5 N–H and O–H groups in total. The second-order valence-corrected chi connectivity index (χ2v) is 12.5. The van der Waals surface area contributed by atoms with Gasteiger partial charge in [0.2, 0.25) is 0 Å². The van der Waals surface area contributed by atoms with E-state index in [1.165, 1.54) is 25.7 Å². The molecule has 0 aliphatic heterocycles. The number of aromatic nitrogens is 2. The second kappa shape index (κ2) is 17.6. The van der Waals surface area contributed by atoms with Gasteiger partial charge in [-0.25, -0.2) is 0 Å². The van der Waals surface area contributed by atoms with Gasteiger partial charge in [0.25, 0.3) is 0 Å². The van der Waals surface area contributed by atoms with Crippen molar-refractivity contribution in [3.63, 3.8) is 0 Å². The number of carbonyl (C=O) groups excluding carboxylic acids is 1. The molecule has 4 rings (SSSR count). The minimum absolute atomic E-state index is 0.288. The average Bonchev–Trinajstić information content (AvgIpc) is 3.00. The third-order valence-electron chi connectivity index (χ3n) is 8.09. The number of hydrogen-bond acceptors (Lipinski definition) is 7. The summed E-state index contributed by atoms with van der Waals surface area (Å²) >= 11 is 0. The van der Waals surface area contributed by atoms with Gasteiger partial charge < -0.3 is 21.5 Å². The van der Waals surface area contributed by atoms with Crippen molar-refractivity contribution in [3.8, 4) is 0 Å². The summed E-state index contributed by atoms with van der Waals surface area (Å²) in [5, 5.41) is 16.1. The first-order valence-corrected chi connectivity index (χ1v) is 15.5. The quantitative estimate of drug-likeness (QED) is 0.113. The van der Waals surface area contributed by atoms with Crippen LogP contribution in [0, 0.1) is 17.3 Å². The first-order chi connectivity index (χ1) is 20.6. The van der Waals surface area contributed by atoms with Gasteiger partial charge in [0.15, 0.2) is 5.78 Å². The molecule has 232 valence electrons. The minimum atomic E-state index is -1.08. The Balaban J connectivity index is 0.000000386. The number of nitrogens with two attached hydrogens (primary N) is 1. The number of benzene rings is 1.